The SMILES string of the molecule is COc1ccc2oc(-c3nc(N=CN(C)C)sc3C=O)c(-c3ccc(Cl)cc3)c2c1. The third kappa shape index (κ3) is 3.81. The fourth-order valence-corrected chi connectivity index (χ4v) is 3.90. The second kappa shape index (κ2) is 8.30. The van der Waals surface area contributed by atoms with Crippen molar-refractivity contribution in [2.45, 2.75) is 0 Å². The van der Waals surface area contributed by atoms with E-state index in [-0.39, 0.29) is 0 Å². The van der Waals surface area contributed by atoms with Gasteiger partial charge in [0.2, 0.25) is 5.13 Å². The van der Waals surface area contributed by atoms with Gasteiger partial charge in [0.1, 0.15) is 21.9 Å². The van der Waals surface area contributed by atoms with Crippen molar-refractivity contribution < 1.29 is 13.9 Å². The van der Waals surface area contributed by atoms with Gasteiger partial charge in [-0.15, -0.1) is 0 Å². The number of hydrogen-bond donors (Lipinski definition) is 0. The van der Waals surface area contributed by atoms with Gasteiger partial charge >= 0.3 is 0 Å². The number of nitrogens with zero attached hydrogens (tertiary/aromatic N) is 3. The number of carbonyl (C=O) groups excluding carboxylic acids is 1. The van der Waals surface area contributed by atoms with Crippen molar-refractivity contribution in [2.24, 2.45) is 4.99 Å². The van der Waals surface area contributed by atoms with Gasteiger partial charge in [0.05, 0.1) is 13.4 Å². The number of rotatable bonds is 6. The van der Waals surface area contributed by atoms with Crippen LogP contribution in [0.15, 0.2) is 51.9 Å². The van der Waals surface area contributed by atoms with Crippen LogP contribution in [0, 0.1) is 0 Å². The zero-order valence-electron chi connectivity index (χ0n) is 16.5. The summed E-state index contributed by atoms with van der Waals surface area (Å²) in [7, 11) is 5.35. The minimum atomic E-state index is 0.446. The van der Waals surface area contributed by atoms with E-state index in [0.717, 1.165) is 22.8 Å². The molecule has 6 nitrogen and oxygen atoms in total. The van der Waals surface area contributed by atoms with Gasteiger partial charge in [-0.3, -0.25) is 4.79 Å². The Balaban J connectivity index is 1.98. The molecule has 0 fully saturated rings. The molecule has 2 aromatic heterocycles. The van der Waals surface area contributed by atoms with Crippen LogP contribution in [0.2, 0.25) is 5.02 Å². The molecule has 0 saturated heterocycles. The Morgan fingerprint density at radius 2 is 1.97 bits per heavy atom. The lowest BCUT2D eigenvalue weighted by atomic mass is 10.0. The van der Waals surface area contributed by atoms with Gasteiger partial charge in [-0.1, -0.05) is 35.1 Å². The van der Waals surface area contributed by atoms with Crippen molar-refractivity contribution in [3.05, 3.63) is 52.4 Å². The molecule has 0 amide bonds. The Bertz CT molecular complexity index is 1240. The third-order valence-electron chi connectivity index (χ3n) is 4.39. The number of carbonyl (C=O) groups is 1. The topological polar surface area (TPSA) is 67.9 Å². The van der Waals surface area contributed by atoms with Crippen LogP contribution < -0.4 is 4.74 Å². The third-order valence-corrected chi connectivity index (χ3v) is 5.53. The van der Waals surface area contributed by atoms with Crippen molar-refractivity contribution in [1.82, 2.24) is 9.88 Å². The predicted molar refractivity (Wildman–Crippen MR) is 122 cm³/mol. The van der Waals surface area contributed by atoms with Gasteiger partial charge in [-0.25, -0.2) is 9.98 Å². The van der Waals surface area contributed by atoms with Crippen molar-refractivity contribution >= 4 is 51.7 Å². The average Bonchev–Trinajstić information content (AvgIpc) is 3.33. The number of ether oxygens (including phenoxy) is 1. The molecule has 4 rings (SSSR count). The number of aldehydes is 1. The molecule has 0 saturated carbocycles. The first-order chi connectivity index (χ1) is 14.5. The Morgan fingerprint density at radius 3 is 2.63 bits per heavy atom. The summed E-state index contributed by atoms with van der Waals surface area (Å²) in [5.41, 5.74) is 2.83. The molecule has 0 radical (unpaired) electrons. The zero-order chi connectivity index (χ0) is 21.3. The molecule has 0 unspecified atom stereocenters. The van der Waals surface area contributed by atoms with Crippen LogP contribution in [0.1, 0.15) is 9.67 Å². The van der Waals surface area contributed by atoms with E-state index in [0.29, 0.717) is 37.8 Å². The molecule has 0 aliphatic rings. The molecule has 8 heteroatoms. The molecule has 30 heavy (non-hydrogen) atoms. The molecular formula is C22H18ClN3O3S. The van der Waals surface area contributed by atoms with Crippen LogP contribution in [0.5, 0.6) is 5.75 Å². The van der Waals surface area contributed by atoms with Gasteiger partial charge in [-0.2, -0.15) is 0 Å². The van der Waals surface area contributed by atoms with Crippen molar-refractivity contribution in [3.8, 4) is 28.3 Å². The second-order valence-electron chi connectivity index (χ2n) is 6.71. The summed E-state index contributed by atoms with van der Waals surface area (Å²) >= 11 is 7.30. The zero-order valence-corrected chi connectivity index (χ0v) is 18.1. The number of thiazole rings is 1. The van der Waals surface area contributed by atoms with E-state index in [9.17, 15) is 4.79 Å². The van der Waals surface area contributed by atoms with Crippen molar-refractivity contribution in [2.75, 3.05) is 21.2 Å². The maximum absolute atomic E-state index is 11.8. The van der Waals surface area contributed by atoms with E-state index in [4.69, 9.17) is 20.8 Å². The van der Waals surface area contributed by atoms with E-state index in [2.05, 4.69) is 9.98 Å². The van der Waals surface area contributed by atoms with E-state index in [1.165, 1.54) is 11.3 Å². The largest absolute Gasteiger partial charge is 0.497 e. The van der Waals surface area contributed by atoms with Gasteiger partial charge in [0, 0.05) is 30.1 Å². The lowest BCUT2D eigenvalue weighted by Gasteiger charge is -2.04. The Labute approximate surface area is 182 Å². The summed E-state index contributed by atoms with van der Waals surface area (Å²) < 4.78 is 11.6. The molecule has 0 spiro atoms. The van der Waals surface area contributed by atoms with Gasteiger partial charge in [0.15, 0.2) is 12.0 Å². The molecule has 0 aliphatic carbocycles. The average molecular weight is 440 g/mol. The number of aromatic nitrogens is 1. The monoisotopic (exact) mass is 439 g/mol. The maximum atomic E-state index is 11.8. The van der Waals surface area contributed by atoms with Crippen LogP contribution in [-0.4, -0.2) is 43.7 Å². The molecular weight excluding hydrogens is 422 g/mol. The summed E-state index contributed by atoms with van der Waals surface area (Å²) in [6.07, 6.45) is 2.42. The lowest BCUT2D eigenvalue weighted by molar-refractivity contribution is 0.112. The van der Waals surface area contributed by atoms with E-state index in [1.807, 2.05) is 56.6 Å². The van der Waals surface area contributed by atoms with Crippen LogP contribution in [0.4, 0.5) is 5.13 Å². The molecule has 0 N–H and O–H groups in total. The maximum Gasteiger partial charge on any atom is 0.211 e. The predicted octanol–water partition coefficient (Wildman–Crippen LogP) is 5.92. The Morgan fingerprint density at radius 1 is 1.20 bits per heavy atom. The lowest BCUT2D eigenvalue weighted by Crippen LogP contribution is -2.06. The van der Waals surface area contributed by atoms with Crippen LogP contribution >= 0.6 is 22.9 Å². The van der Waals surface area contributed by atoms with Gasteiger partial charge in [-0.05, 0) is 35.9 Å². The van der Waals surface area contributed by atoms with Crippen LogP contribution in [0.3, 0.4) is 0 Å². The highest BCUT2D eigenvalue weighted by Crippen LogP contribution is 2.44. The van der Waals surface area contributed by atoms with E-state index >= 15 is 0 Å². The minimum Gasteiger partial charge on any atom is -0.497 e. The summed E-state index contributed by atoms with van der Waals surface area (Å²) in [5, 5.41) is 1.96. The Kier molecular flexibility index (Phi) is 5.57. The molecule has 4 aromatic rings. The van der Waals surface area contributed by atoms with E-state index < -0.39 is 0 Å². The molecule has 0 bridgehead atoms. The first kappa shape index (κ1) is 20.1. The molecule has 2 aromatic carbocycles. The van der Waals surface area contributed by atoms with Crippen LogP contribution in [0.25, 0.3) is 33.6 Å². The highest BCUT2D eigenvalue weighted by molar-refractivity contribution is 7.17. The number of methoxy groups -OCH3 is 1. The fraction of sp³-hybridized carbons (Fsp3) is 0.136. The van der Waals surface area contributed by atoms with Gasteiger partial charge < -0.3 is 14.1 Å². The summed E-state index contributed by atoms with van der Waals surface area (Å²) in [4.78, 5) is 22.9. The smallest absolute Gasteiger partial charge is 0.211 e. The van der Waals surface area contributed by atoms with Crippen molar-refractivity contribution in [1.29, 1.82) is 0 Å². The number of fused-ring (bicyclic) bond motifs is 1. The number of furan rings is 1. The highest BCUT2D eigenvalue weighted by Gasteiger charge is 2.24. The number of aliphatic imine (C=N–C) groups is 1. The van der Waals surface area contributed by atoms with Crippen molar-refractivity contribution in [3.63, 3.8) is 0 Å². The number of halogens is 1. The minimum absolute atomic E-state index is 0.446. The fourth-order valence-electron chi connectivity index (χ4n) is 3.06. The quantitative estimate of drug-likeness (QED) is 0.212. The molecule has 0 aliphatic heterocycles. The number of hydrogen-bond acceptors (Lipinski definition) is 6. The highest BCUT2D eigenvalue weighted by atomic mass is 35.5. The number of benzene rings is 2. The molecule has 0 atom stereocenters. The second-order valence-corrected chi connectivity index (χ2v) is 8.16. The standard InChI is InChI=1S/C22H18ClN3O3S/c1-26(2)12-24-22-25-20(18(11-27)30-22)21-19(13-4-6-14(23)7-5-13)16-10-15(28-3)8-9-17(16)29-21/h4-12H,1-3H3. The molecule has 2 heterocycles. The summed E-state index contributed by atoms with van der Waals surface area (Å²) in [6, 6.07) is 13.0. The first-order valence-electron chi connectivity index (χ1n) is 9.03. The Hall–Kier alpha value is -3.16. The van der Waals surface area contributed by atoms with Crippen LogP contribution in [-0.2, 0) is 0 Å². The van der Waals surface area contributed by atoms with E-state index in [1.54, 1.807) is 18.3 Å². The first-order valence-corrected chi connectivity index (χ1v) is 10.2. The summed E-state index contributed by atoms with van der Waals surface area (Å²) in [6.45, 7) is 0. The van der Waals surface area contributed by atoms with Gasteiger partial charge in [0.25, 0.3) is 0 Å². The normalized spacial score (nSPS) is 11.3. The molecule has 152 valence electrons. The summed E-state index contributed by atoms with van der Waals surface area (Å²) in [5.74, 6) is 1.21.